The monoisotopic (exact) mass is 168 g/mol. The minimum atomic E-state index is -0.192. The molecule has 0 fully saturated rings. The van der Waals surface area contributed by atoms with Crippen LogP contribution in [0.4, 0.5) is 0 Å². The van der Waals surface area contributed by atoms with Gasteiger partial charge < -0.3 is 5.11 Å². The SMILES string of the molecule is CC(C)C(O)C1=CCCCCC1. The van der Waals surface area contributed by atoms with E-state index in [-0.39, 0.29) is 6.10 Å². The van der Waals surface area contributed by atoms with E-state index in [0.29, 0.717) is 5.92 Å². The molecule has 0 saturated heterocycles. The molecule has 0 spiro atoms. The van der Waals surface area contributed by atoms with E-state index in [2.05, 4.69) is 19.9 Å². The fourth-order valence-electron chi connectivity index (χ4n) is 1.74. The summed E-state index contributed by atoms with van der Waals surface area (Å²) >= 11 is 0. The van der Waals surface area contributed by atoms with Crippen LogP contribution >= 0.6 is 0 Å². The summed E-state index contributed by atoms with van der Waals surface area (Å²) in [7, 11) is 0. The van der Waals surface area contributed by atoms with E-state index in [1.807, 2.05) is 0 Å². The average molecular weight is 168 g/mol. The lowest BCUT2D eigenvalue weighted by Gasteiger charge is -2.17. The molecule has 0 aromatic carbocycles. The number of aliphatic hydroxyl groups excluding tert-OH is 1. The largest absolute Gasteiger partial charge is 0.388 e. The average Bonchev–Trinajstić information content (AvgIpc) is 2.30. The van der Waals surface area contributed by atoms with E-state index < -0.39 is 0 Å². The second-order valence-electron chi connectivity index (χ2n) is 4.07. The lowest BCUT2D eigenvalue weighted by molar-refractivity contribution is 0.156. The quantitative estimate of drug-likeness (QED) is 0.629. The minimum Gasteiger partial charge on any atom is -0.388 e. The molecule has 1 atom stereocenters. The van der Waals surface area contributed by atoms with Gasteiger partial charge in [-0.2, -0.15) is 0 Å². The third-order valence-corrected chi connectivity index (χ3v) is 2.59. The zero-order valence-corrected chi connectivity index (χ0v) is 8.21. The number of allylic oxidation sites excluding steroid dienone is 1. The zero-order chi connectivity index (χ0) is 8.97. The van der Waals surface area contributed by atoms with Gasteiger partial charge in [-0.05, 0) is 37.2 Å². The summed E-state index contributed by atoms with van der Waals surface area (Å²) in [5, 5.41) is 9.81. The number of rotatable bonds is 2. The summed E-state index contributed by atoms with van der Waals surface area (Å²) in [4.78, 5) is 0. The van der Waals surface area contributed by atoms with Gasteiger partial charge in [0.25, 0.3) is 0 Å². The molecule has 0 aromatic rings. The van der Waals surface area contributed by atoms with Crippen LogP contribution in [0.25, 0.3) is 0 Å². The summed E-state index contributed by atoms with van der Waals surface area (Å²) in [6, 6.07) is 0. The summed E-state index contributed by atoms with van der Waals surface area (Å²) < 4.78 is 0. The van der Waals surface area contributed by atoms with E-state index >= 15 is 0 Å². The van der Waals surface area contributed by atoms with Crippen molar-refractivity contribution < 1.29 is 5.11 Å². The van der Waals surface area contributed by atoms with Crippen LogP contribution in [0.1, 0.15) is 46.0 Å². The van der Waals surface area contributed by atoms with Gasteiger partial charge in [0.05, 0.1) is 6.10 Å². The fourth-order valence-corrected chi connectivity index (χ4v) is 1.74. The van der Waals surface area contributed by atoms with Gasteiger partial charge in [0.1, 0.15) is 0 Å². The topological polar surface area (TPSA) is 20.2 Å². The fraction of sp³-hybridized carbons (Fsp3) is 0.818. The molecule has 1 nitrogen and oxygen atoms in total. The van der Waals surface area contributed by atoms with Gasteiger partial charge >= 0.3 is 0 Å². The van der Waals surface area contributed by atoms with E-state index in [9.17, 15) is 5.11 Å². The van der Waals surface area contributed by atoms with Crippen molar-refractivity contribution in [2.24, 2.45) is 5.92 Å². The first-order valence-corrected chi connectivity index (χ1v) is 5.09. The summed E-state index contributed by atoms with van der Waals surface area (Å²) in [6.45, 7) is 4.16. The predicted octanol–water partition coefficient (Wildman–Crippen LogP) is 2.89. The molecule has 0 bridgehead atoms. The molecule has 1 rings (SSSR count). The van der Waals surface area contributed by atoms with Crippen LogP contribution < -0.4 is 0 Å². The molecular weight excluding hydrogens is 148 g/mol. The van der Waals surface area contributed by atoms with Crippen LogP contribution in [-0.2, 0) is 0 Å². The van der Waals surface area contributed by atoms with Crippen molar-refractivity contribution in [3.8, 4) is 0 Å². The Bertz CT molecular complexity index is 158. The van der Waals surface area contributed by atoms with E-state index in [0.717, 1.165) is 6.42 Å². The maximum Gasteiger partial charge on any atom is 0.0772 e. The van der Waals surface area contributed by atoms with Gasteiger partial charge in [-0.15, -0.1) is 0 Å². The Balaban J connectivity index is 2.52. The van der Waals surface area contributed by atoms with Crippen molar-refractivity contribution in [3.05, 3.63) is 11.6 Å². The first-order chi connectivity index (χ1) is 5.72. The number of aliphatic hydroxyl groups is 1. The van der Waals surface area contributed by atoms with Crippen LogP contribution in [0.3, 0.4) is 0 Å². The molecule has 1 aliphatic carbocycles. The molecule has 70 valence electrons. The van der Waals surface area contributed by atoms with Gasteiger partial charge in [0, 0.05) is 0 Å². The maximum atomic E-state index is 9.81. The highest BCUT2D eigenvalue weighted by atomic mass is 16.3. The minimum absolute atomic E-state index is 0.192. The third kappa shape index (κ3) is 2.63. The van der Waals surface area contributed by atoms with Crippen LogP contribution in [0.15, 0.2) is 11.6 Å². The summed E-state index contributed by atoms with van der Waals surface area (Å²) in [6.07, 6.45) is 8.22. The Labute approximate surface area is 75.5 Å². The highest BCUT2D eigenvalue weighted by Crippen LogP contribution is 2.23. The van der Waals surface area contributed by atoms with Crippen molar-refractivity contribution in [3.63, 3.8) is 0 Å². The van der Waals surface area contributed by atoms with Crippen molar-refractivity contribution in [1.82, 2.24) is 0 Å². The molecule has 0 radical (unpaired) electrons. The number of hydrogen-bond acceptors (Lipinski definition) is 1. The van der Waals surface area contributed by atoms with Crippen LogP contribution in [0.2, 0.25) is 0 Å². The smallest absolute Gasteiger partial charge is 0.0772 e. The maximum absolute atomic E-state index is 9.81. The standard InChI is InChI=1S/C11H20O/c1-9(2)11(12)10-7-5-3-4-6-8-10/h7,9,11-12H,3-6,8H2,1-2H3. The van der Waals surface area contributed by atoms with Gasteiger partial charge in [-0.25, -0.2) is 0 Å². The molecule has 0 aromatic heterocycles. The molecular formula is C11H20O. The Kier molecular flexibility index (Phi) is 3.80. The highest BCUT2D eigenvalue weighted by Gasteiger charge is 2.15. The second kappa shape index (κ2) is 4.66. The Morgan fingerprint density at radius 2 is 2.00 bits per heavy atom. The lowest BCUT2D eigenvalue weighted by atomic mass is 9.96. The number of hydrogen-bond donors (Lipinski definition) is 1. The van der Waals surface area contributed by atoms with Crippen molar-refractivity contribution in [2.75, 3.05) is 0 Å². The third-order valence-electron chi connectivity index (χ3n) is 2.59. The molecule has 1 N–H and O–H groups in total. The van der Waals surface area contributed by atoms with Gasteiger partial charge in [0.2, 0.25) is 0 Å². The van der Waals surface area contributed by atoms with Crippen LogP contribution in [0.5, 0.6) is 0 Å². The van der Waals surface area contributed by atoms with Gasteiger partial charge in [0.15, 0.2) is 0 Å². The van der Waals surface area contributed by atoms with Gasteiger partial charge in [-0.1, -0.05) is 26.3 Å². The van der Waals surface area contributed by atoms with Crippen LogP contribution in [0, 0.1) is 5.92 Å². The lowest BCUT2D eigenvalue weighted by Crippen LogP contribution is -2.17. The zero-order valence-electron chi connectivity index (χ0n) is 8.21. The highest BCUT2D eigenvalue weighted by molar-refractivity contribution is 5.09. The Morgan fingerprint density at radius 3 is 2.67 bits per heavy atom. The molecule has 1 heteroatoms. The molecule has 0 heterocycles. The summed E-state index contributed by atoms with van der Waals surface area (Å²) in [5.41, 5.74) is 1.28. The van der Waals surface area contributed by atoms with Crippen molar-refractivity contribution in [2.45, 2.75) is 52.1 Å². The van der Waals surface area contributed by atoms with E-state index in [1.54, 1.807) is 0 Å². The van der Waals surface area contributed by atoms with E-state index in [1.165, 1.54) is 31.3 Å². The molecule has 1 aliphatic rings. The molecule has 1 unspecified atom stereocenters. The first-order valence-electron chi connectivity index (χ1n) is 5.09. The molecule has 0 amide bonds. The van der Waals surface area contributed by atoms with E-state index in [4.69, 9.17) is 0 Å². The molecule has 0 saturated carbocycles. The molecule has 12 heavy (non-hydrogen) atoms. The van der Waals surface area contributed by atoms with Crippen molar-refractivity contribution in [1.29, 1.82) is 0 Å². The Hall–Kier alpha value is -0.300. The predicted molar refractivity (Wildman–Crippen MR) is 52.0 cm³/mol. The normalized spacial score (nSPS) is 21.8. The Morgan fingerprint density at radius 1 is 1.25 bits per heavy atom. The second-order valence-corrected chi connectivity index (χ2v) is 4.07. The molecule has 0 aliphatic heterocycles. The van der Waals surface area contributed by atoms with Crippen molar-refractivity contribution >= 4 is 0 Å². The van der Waals surface area contributed by atoms with Gasteiger partial charge in [-0.3, -0.25) is 0 Å². The summed E-state index contributed by atoms with van der Waals surface area (Å²) in [5.74, 6) is 0.370. The van der Waals surface area contributed by atoms with Crippen LogP contribution in [-0.4, -0.2) is 11.2 Å². The first kappa shape index (κ1) is 9.79.